The van der Waals surface area contributed by atoms with Crippen molar-refractivity contribution in [2.45, 2.75) is 44.7 Å². The third-order valence-electron chi connectivity index (χ3n) is 4.98. The van der Waals surface area contributed by atoms with Gasteiger partial charge in [-0.2, -0.15) is 0 Å². The lowest BCUT2D eigenvalue weighted by molar-refractivity contribution is -0.144. The number of amides is 4. The number of aromatic nitrogens is 1. The minimum absolute atomic E-state index is 0.173. The molecule has 2 aromatic rings. The van der Waals surface area contributed by atoms with E-state index in [1.165, 1.54) is 6.20 Å². The molecule has 1 aromatic heterocycles. The zero-order valence-electron chi connectivity index (χ0n) is 14.6. The third-order valence-corrected chi connectivity index (χ3v) is 5.21. The molecule has 2 heterocycles. The van der Waals surface area contributed by atoms with Gasteiger partial charge in [0.05, 0.1) is 6.20 Å². The van der Waals surface area contributed by atoms with Gasteiger partial charge in [-0.3, -0.25) is 14.5 Å². The molecule has 7 nitrogen and oxygen atoms in total. The zero-order valence-corrected chi connectivity index (χ0v) is 15.3. The second-order valence-corrected chi connectivity index (χ2v) is 7.21. The number of carbonyl (C=O) groups is 3. The van der Waals surface area contributed by atoms with Gasteiger partial charge in [-0.05, 0) is 25.0 Å². The van der Waals surface area contributed by atoms with Crippen LogP contribution in [-0.2, 0) is 16.1 Å². The summed E-state index contributed by atoms with van der Waals surface area (Å²) in [6, 6.07) is 6.30. The molecule has 2 fully saturated rings. The Labute approximate surface area is 160 Å². The van der Waals surface area contributed by atoms with Gasteiger partial charge in [0.15, 0.2) is 5.76 Å². The molecular formula is C19H18ClN3O4. The number of urea groups is 1. The van der Waals surface area contributed by atoms with Crippen molar-refractivity contribution in [1.82, 2.24) is 14.8 Å². The van der Waals surface area contributed by atoms with Crippen LogP contribution < -0.4 is 0 Å². The first kappa shape index (κ1) is 17.7. The Bertz CT molecular complexity index is 904. The Kier molecular flexibility index (Phi) is 4.70. The lowest BCUT2D eigenvalue weighted by Gasteiger charge is -2.28. The predicted octanol–water partition coefficient (Wildman–Crippen LogP) is 3.62. The molecule has 0 spiro atoms. The number of oxazole rings is 1. The van der Waals surface area contributed by atoms with Crippen molar-refractivity contribution in [3.63, 3.8) is 0 Å². The summed E-state index contributed by atoms with van der Waals surface area (Å²) < 4.78 is 5.65. The summed E-state index contributed by atoms with van der Waals surface area (Å²) in [6.07, 6.45) is 6.00. The van der Waals surface area contributed by atoms with Gasteiger partial charge in [0.2, 0.25) is 5.89 Å². The van der Waals surface area contributed by atoms with E-state index in [4.69, 9.17) is 16.0 Å². The highest BCUT2D eigenvalue weighted by molar-refractivity contribution is 6.44. The molecule has 1 aromatic carbocycles. The maximum Gasteiger partial charge on any atom is 0.334 e. The zero-order chi connectivity index (χ0) is 19.0. The van der Waals surface area contributed by atoms with Gasteiger partial charge in [0.1, 0.15) is 6.54 Å². The van der Waals surface area contributed by atoms with Crippen molar-refractivity contribution >= 4 is 29.4 Å². The first-order valence-corrected chi connectivity index (χ1v) is 9.32. The van der Waals surface area contributed by atoms with Crippen LogP contribution in [0.5, 0.6) is 0 Å². The van der Waals surface area contributed by atoms with E-state index in [0.29, 0.717) is 10.8 Å². The highest BCUT2D eigenvalue weighted by Gasteiger charge is 2.48. The number of imide groups is 2. The van der Waals surface area contributed by atoms with Crippen LogP contribution in [0, 0.1) is 0 Å². The van der Waals surface area contributed by atoms with Crippen LogP contribution in [0.25, 0.3) is 11.3 Å². The number of benzene rings is 1. The first-order valence-electron chi connectivity index (χ1n) is 8.94. The Morgan fingerprint density at radius 3 is 2.63 bits per heavy atom. The minimum atomic E-state index is -0.826. The summed E-state index contributed by atoms with van der Waals surface area (Å²) in [5, 5.41) is 0.559. The van der Waals surface area contributed by atoms with Crippen molar-refractivity contribution in [1.29, 1.82) is 0 Å². The number of rotatable bonds is 4. The molecule has 140 valence electrons. The molecule has 0 N–H and O–H groups in total. The van der Waals surface area contributed by atoms with Gasteiger partial charge in [-0.15, -0.1) is 0 Å². The van der Waals surface area contributed by atoms with E-state index in [-0.39, 0.29) is 18.5 Å². The summed E-state index contributed by atoms with van der Waals surface area (Å²) in [5.74, 6) is -0.923. The molecule has 0 radical (unpaired) electrons. The average Bonchev–Trinajstić information content (AvgIpc) is 3.22. The van der Waals surface area contributed by atoms with E-state index in [2.05, 4.69) is 4.98 Å². The molecule has 2 aliphatic rings. The topological polar surface area (TPSA) is 83.7 Å². The van der Waals surface area contributed by atoms with E-state index in [1.54, 1.807) is 18.2 Å². The molecule has 0 atom stereocenters. The lowest BCUT2D eigenvalue weighted by atomic mass is 9.94. The van der Waals surface area contributed by atoms with Gasteiger partial charge in [0.25, 0.3) is 0 Å². The highest BCUT2D eigenvalue weighted by atomic mass is 35.5. The number of hydrogen-bond donors (Lipinski definition) is 0. The Morgan fingerprint density at radius 1 is 1.11 bits per heavy atom. The van der Waals surface area contributed by atoms with E-state index >= 15 is 0 Å². The molecular weight excluding hydrogens is 370 g/mol. The Balaban J connectivity index is 1.52. The molecule has 27 heavy (non-hydrogen) atoms. The maximum atomic E-state index is 12.7. The average molecular weight is 388 g/mol. The molecule has 0 unspecified atom stereocenters. The second-order valence-electron chi connectivity index (χ2n) is 6.77. The van der Waals surface area contributed by atoms with Gasteiger partial charge in [0, 0.05) is 16.6 Å². The molecule has 8 heteroatoms. The van der Waals surface area contributed by atoms with Crippen LogP contribution in [0.15, 0.2) is 34.9 Å². The largest absolute Gasteiger partial charge is 0.439 e. The summed E-state index contributed by atoms with van der Waals surface area (Å²) in [5.41, 5.74) is 0.736. The first-order chi connectivity index (χ1) is 13.0. The Morgan fingerprint density at radius 2 is 1.89 bits per heavy atom. The minimum Gasteiger partial charge on any atom is -0.439 e. The fourth-order valence-corrected chi connectivity index (χ4v) is 3.81. The highest BCUT2D eigenvalue weighted by Crippen LogP contribution is 2.28. The van der Waals surface area contributed by atoms with Crippen molar-refractivity contribution in [3.05, 3.63) is 41.4 Å². The molecule has 1 saturated carbocycles. The van der Waals surface area contributed by atoms with Crippen LogP contribution in [0.1, 0.15) is 38.0 Å². The maximum absolute atomic E-state index is 12.7. The van der Waals surface area contributed by atoms with E-state index < -0.39 is 17.8 Å². The molecule has 1 aliphatic carbocycles. The summed E-state index contributed by atoms with van der Waals surface area (Å²) in [6.45, 7) is -0.173. The van der Waals surface area contributed by atoms with Crippen molar-refractivity contribution < 1.29 is 18.8 Å². The van der Waals surface area contributed by atoms with E-state index in [1.807, 2.05) is 6.07 Å². The standard InChI is InChI=1S/C19H18ClN3O4/c20-13-6-4-5-12(9-13)15-10-21-16(27-15)11-22-17(24)18(25)23(19(22)26)14-7-2-1-3-8-14/h4-6,9-10,14H,1-3,7-8,11H2. The van der Waals surface area contributed by atoms with Gasteiger partial charge in [-0.25, -0.2) is 14.7 Å². The summed E-state index contributed by atoms with van der Waals surface area (Å²) in [4.78, 5) is 43.5. The van der Waals surface area contributed by atoms with E-state index in [9.17, 15) is 14.4 Å². The van der Waals surface area contributed by atoms with Crippen LogP contribution >= 0.6 is 11.6 Å². The lowest BCUT2D eigenvalue weighted by Crippen LogP contribution is -2.42. The normalized spacial score (nSPS) is 18.6. The molecule has 1 aliphatic heterocycles. The third kappa shape index (κ3) is 3.35. The Hall–Kier alpha value is -2.67. The second kappa shape index (κ2) is 7.15. The molecule has 0 bridgehead atoms. The number of halogens is 1. The van der Waals surface area contributed by atoms with Crippen LogP contribution in [-0.4, -0.2) is 38.7 Å². The quantitative estimate of drug-likeness (QED) is 0.591. The van der Waals surface area contributed by atoms with Gasteiger partial charge >= 0.3 is 17.8 Å². The summed E-state index contributed by atoms with van der Waals surface area (Å²) >= 11 is 5.98. The van der Waals surface area contributed by atoms with Crippen molar-refractivity contribution in [3.8, 4) is 11.3 Å². The number of carbonyl (C=O) groups excluding carboxylic acids is 3. The number of nitrogens with zero attached hydrogens (tertiary/aromatic N) is 3. The SMILES string of the molecule is O=C1C(=O)N(C2CCCCC2)C(=O)N1Cc1ncc(-c2cccc(Cl)c2)o1. The summed E-state index contributed by atoms with van der Waals surface area (Å²) in [7, 11) is 0. The molecule has 4 amide bonds. The smallest absolute Gasteiger partial charge is 0.334 e. The van der Waals surface area contributed by atoms with Crippen molar-refractivity contribution in [2.24, 2.45) is 0 Å². The molecule has 4 rings (SSSR count). The van der Waals surface area contributed by atoms with Gasteiger partial charge < -0.3 is 4.42 Å². The van der Waals surface area contributed by atoms with Gasteiger partial charge in [-0.1, -0.05) is 43.0 Å². The fourth-order valence-electron chi connectivity index (χ4n) is 3.62. The fraction of sp³-hybridized carbons (Fsp3) is 0.368. The van der Waals surface area contributed by atoms with Crippen LogP contribution in [0.4, 0.5) is 4.79 Å². The van der Waals surface area contributed by atoms with Crippen molar-refractivity contribution in [2.75, 3.05) is 0 Å². The number of hydrogen-bond acceptors (Lipinski definition) is 5. The van der Waals surface area contributed by atoms with Crippen LogP contribution in [0.3, 0.4) is 0 Å². The monoisotopic (exact) mass is 387 g/mol. The van der Waals surface area contributed by atoms with Crippen LogP contribution in [0.2, 0.25) is 5.02 Å². The van der Waals surface area contributed by atoms with E-state index in [0.717, 1.165) is 47.5 Å². The molecule has 1 saturated heterocycles. The predicted molar refractivity (Wildman–Crippen MR) is 96.6 cm³/mol.